The zero-order valence-electron chi connectivity index (χ0n) is 21.2. The number of esters is 1. The largest absolute Gasteiger partial charge is 0.488 e. The number of nitrogens with zero attached hydrogens (tertiary/aromatic N) is 2. The number of halogens is 1. The Bertz CT molecular complexity index is 1180. The summed E-state index contributed by atoms with van der Waals surface area (Å²) in [5.74, 6) is -0.372. The van der Waals surface area contributed by atoms with Crippen LogP contribution in [0.2, 0.25) is 5.02 Å². The van der Waals surface area contributed by atoms with E-state index in [1.165, 1.54) is 4.90 Å². The van der Waals surface area contributed by atoms with Gasteiger partial charge in [-0.1, -0.05) is 18.5 Å². The van der Waals surface area contributed by atoms with Crippen LogP contribution in [-0.4, -0.2) is 64.3 Å². The van der Waals surface area contributed by atoms with Crippen molar-refractivity contribution in [2.45, 2.75) is 70.7 Å². The summed E-state index contributed by atoms with van der Waals surface area (Å²) < 4.78 is 17.0. The smallest absolute Gasteiger partial charge is 0.411 e. The molecule has 4 rings (SSSR count). The monoisotopic (exact) mass is 517 g/mol. The van der Waals surface area contributed by atoms with Gasteiger partial charge in [0.1, 0.15) is 29.0 Å². The van der Waals surface area contributed by atoms with Gasteiger partial charge < -0.3 is 19.5 Å². The number of hydrogen-bond acceptors (Lipinski definition) is 7. The van der Waals surface area contributed by atoms with Gasteiger partial charge in [0.15, 0.2) is 0 Å². The van der Waals surface area contributed by atoms with E-state index >= 15 is 0 Å². The molecule has 2 aliphatic rings. The Hall–Kier alpha value is -3.07. The number of likely N-dealkylation sites (tertiary alicyclic amines) is 1. The van der Waals surface area contributed by atoms with Crippen molar-refractivity contribution in [2.24, 2.45) is 5.92 Å². The summed E-state index contributed by atoms with van der Waals surface area (Å²) in [4.78, 5) is 44.8. The molecule has 1 aromatic carbocycles. The minimum absolute atomic E-state index is 0.0565. The molecule has 9 nitrogen and oxygen atoms in total. The first-order valence-electron chi connectivity index (χ1n) is 12.1. The number of rotatable bonds is 6. The van der Waals surface area contributed by atoms with E-state index in [4.69, 9.17) is 25.8 Å². The second-order valence-electron chi connectivity index (χ2n) is 10.4. The minimum Gasteiger partial charge on any atom is -0.488 e. The molecule has 2 fully saturated rings. The molecule has 194 valence electrons. The molecule has 1 aliphatic carbocycles. The van der Waals surface area contributed by atoms with Crippen molar-refractivity contribution in [1.82, 2.24) is 15.2 Å². The average Bonchev–Trinajstić information content (AvgIpc) is 3.23. The third kappa shape index (κ3) is 5.36. The Kier molecular flexibility index (Phi) is 7.05. The van der Waals surface area contributed by atoms with Crippen molar-refractivity contribution in [2.75, 3.05) is 13.2 Å². The number of benzene rings is 1. The van der Waals surface area contributed by atoms with E-state index in [2.05, 4.69) is 10.3 Å². The first-order chi connectivity index (χ1) is 16.9. The number of carbonyl (C=O) groups excluding carboxylic acids is 3. The molecule has 2 heterocycles. The molecule has 1 N–H and O–H groups in total. The maximum Gasteiger partial charge on any atom is 0.411 e. The van der Waals surface area contributed by atoms with Gasteiger partial charge in [0.2, 0.25) is 5.91 Å². The fourth-order valence-electron chi connectivity index (χ4n) is 4.53. The number of fused-ring (bicyclic) bond motifs is 1. The van der Waals surface area contributed by atoms with Gasteiger partial charge in [0.05, 0.1) is 18.7 Å². The number of ether oxygens (including phenoxy) is 3. The Balaban J connectivity index is 1.56. The van der Waals surface area contributed by atoms with Crippen molar-refractivity contribution >= 4 is 40.5 Å². The third-order valence-electron chi connectivity index (χ3n) is 6.45. The van der Waals surface area contributed by atoms with Gasteiger partial charge in [-0.05, 0) is 64.3 Å². The SMILES string of the molecule is CCOC(=O)[C@@]1(NC(=O)[C@@H]2C[C@@H](Oc3ccnc4cc(Cl)ccc34)CN2C(=O)OC(C)(C)C)C[C@H]1C. The molecule has 0 unspecified atom stereocenters. The summed E-state index contributed by atoms with van der Waals surface area (Å²) in [6.07, 6.45) is 1.24. The predicted molar refractivity (Wildman–Crippen MR) is 134 cm³/mol. The fourth-order valence-corrected chi connectivity index (χ4v) is 4.69. The maximum atomic E-state index is 13.4. The van der Waals surface area contributed by atoms with Crippen LogP contribution in [0.5, 0.6) is 5.75 Å². The minimum atomic E-state index is -1.06. The topological polar surface area (TPSA) is 107 Å². The number of pyridine rings is 1. The lowest BCUT2D eigenvalue weighted by Gasteiger charge is -2.28. The highest BCUT2D eigenvalue weighted by atomic mass is 35.5. The molecule has 4 atom stereocenters. The van der Waals surface area contributed by atoms with E-state index in [0.29, 0.717) is 22.7 Å². The third-order valence-corrected chi connectivity index (χ3v) is 6.68. The van der Waals surface area contributed by atoms with Crippen LogP contribution < -0.4 is 10.1 Å². The van der Waals surface area contributed by atoms with Crippen LogP contribution in [-0.2, 0) is 19.1 Å². The molecule has 1 aliphatic heterocycles. The second kappa shape index (κ2) is 9.76. The average molecular weight is 518 g/mol. The quantitative estimate of drug-likeness (QED) is 0.575. The fraction of sp³-hybridized carbons (Fsp3) is 0.538. The van der Waals surface area contributed by atoms with Crippen LogP contribution in [0.3, 0.4) is 0 Å². The Labute approximate surface area is 215 Å². The zero-order valence-corrected chi connectivity index (χ0v) is 21.9. The van der Waals surface area contributed by atoms with E-state index in [1.54, 1.807) is 52.1 Å². The summed E-state index contributed by atoms with van der Waals surface area (Å²) in [6, 6.07) is 6.19. The second-order valence-corrected chi connectivity index (χ2v) is 10.8. The Morgan fingerprint density at radius 2 is 1.97 bits per heavy atom. The molecule has 36 heavy (non-hydrogen) atoms. The van der Waals surface area contributed by atoms with Crippen LogP contribution in [0.4, 0.5) is 4.79 Å². The van der Waals surface area contributed by atoms with E-state index in [1.807, 2.05) is 13.0 Å². The van der Waals surface area contributed by atoms with Gasteiger partial charge in [-0.3, -0.25) is 14.7 Å². The summed E-state index contributed by atoms with van der Waals surface area (Å²) in [5, 5.41) is 4.20. The molecule has 1 saturated carbocycles. The standard InChI is InChI=1S/C26H32ClN3O6/c1-6-34-23(32)26(13-15(26)2)29-22(31)20-12-17(14-30(20)24(33)36-25(3,4)5)35-21-9-10-28-19-11-16(27)7-8-18(19)21/h7-11,15,17,20H,6,12-14H2,1-5H3,(H,29,31)/t15-,17-,20+,26-/m1/s1. The highest BCUT2D eigenvalue weighted by Gasteiger charge is 2.61. The van der Waals surface area contributed by atoms with Crippen LogP contribution in [0.25, 0.3) is 10.9 Å². The van der Waals surface area contributed by atoms with Crippen molar-refractivity contribution in [1.29, 1.82) is 0 Å². The summed E-state index contributed by atoms with van der Waals surface area (Å²) in [5.41, 5.74) is -1.13. The first kappa shape index (κ1) is 26.0. The molecule has 10 heteroatoms. The Morgan fingerprint density at radius 1 is 1.25 bits per heavy atom. The lowest BCUT2D eigenvalue weighted by Crippen LogP contribution is -2.53. The van der Waals surface area contributed by atoms with Gasteiger partial charge in [0.25, 0.3) is 0 Å². The van der Waals surface area contributed by atoms with Gasteiger partial charge in [-0.25, -0.2) is 9.59 Å². The van der Waals surface area contributed by atoms with Gasteiger partial charge in [-0.15, -0.1) is 0 Å². The number of aromatic nitrogens is 1. The van der Waals surface area contributed by atoms with Crippen LogP contribution in [0.15, 0.2) is 30.5 Å². The highest BCUT2D eigenvalue weighted by molar-refractivity contribution is 6.31. The highest BCUT2D eigenvalue weighted by Crippen LogP contribution is 2.44. The maximum absolute atomic E-state index is 13.4. The van der Waals surface area contributed by atoms with Crippen LogP contribution >= 0.6 is 11.6 Å². The molecule has 0 bridgehead atoms. The van der Waals surface area contributed by atoms with Gasteiger partial charge in [-0.2, -0.15) is 0 Å². The van der Waals surface area contributed by atoms with Crippen molar-refractivity contribution < 1.29 is 28.6 Å². The summed E-state index contributed by atoms with van der Waals surface area (Å²) >= 11 is 6.10. The number of nitrogens with one attached hydrogen (secondary N) is 1. The van der Waals surface area contributed by atoms with Crippen molar-refractivity contribution in [3.63, 3.8) is 0 Å². The normalized spacial score (nSPS) is 25.4. The number of carbonyl (C=O) groups is 3. The zero-order chi connectivity index (χ0) is 26.3. The number of hydrogen-bond donors (Lipinski definition) is 1. The Morgan fingerprint density at radius 3 is 2.61 bits per heavy atom. The van der Waals surface area contributed by atoms with Crippen LogP contribution in [0.1, 0.15) is 47.5 Å². The van der Waals surface area contributed by atoms with Crippen molar-refractivity contribution in [3.05, 3.63) is 35.5 Å². The first-order valence-corrected chi connectivity index (χ1v) is 12.5. The molecule has 2 amide bonds. The molecular weight excluding hydrogens is 486 g/mol. The molecule has 1 saturated heterocycles. The molecular formula is C26H32ClN3O6. The predicted octanol–water partition coefficient (Wildman–Crippen LogP) is 4.10. The number of amides is 2. The van der Waals surface area contributed by atoms with E-state index in [9.17, 15) is 14.4 Å². The van der Waals surface area contributed by atoms with E-state index in [0.717, 1.165) is 5.39 Å². The van der Waals surface area contributed by atoms with Gasteiger partial charge >= 0.3 is 12.1 Å². The van der Waals surface area contributed by atoms with Crippen molar-refractivity contribution in [3.8, 4) is 5.75 Å². The van der Waals surface area contributed by atoms with Gasteiger partial charge in [0, 0.05) is 23.0 Å². The van der Waals surface area contributed by atoms with Crippen LogP contribution in [0, 0.1) is 5.92 Å². The molecule has 1 aromatic heterocycles. The van der Waals surface area contributed by atoms with E-state index in [-0.39, 0.29) is 25.5 Å². The molecule has 0 radical (unpaired) electrons. The lowest BCUT2D eigenvalue weighted by atomic mass is 10.1. The molecule has 0 spiro atoms. The summed E-state index contributed by atoms with van der Waals surface area (Å²) in [7, 11) is 0. The summed E-state index contributed by atoms with van der Waals surface area (Å²) in [6.45, 7) is 9.26. The molecule has 2 aromatic rings. The lowest BCUT2D eigenvalue weighted by molar-refractivity contribution is -0.149. The van der Waals surface area contributed by atoms with E-state index < -0.39 is 41.3 Å².